The van der Waals surface area contributed by atoms with E-state index < -0.39 is 0 Å². The van der Waals surface area contributed by atoms with Gasteiger partial charge in [-0.15, -0.1) is 0 Å². The average molecular weight is 440 g/mol. The highest BCUT2D eigenvalue weighted by molar-refractivity contribution is 6.04. The first-order valence-electron chi connectivity index (χ1n) is 10.9. The molecule has 2 aromatic rings. The van der Waals surface area contributed by atoms with Gasteiger partial charge < -0.3 is 19.7 Å². The second-order valence-corrected chi connectivity index (χ2v) is 8.12. The molecule has 1 atom stereocenters. The summed E-state index contributed by atoms with van der Waals surface area (Å²) in [6, 6.07) is 7.13. The first-order chi connectivity index (χ1) is 15.5. The molecule has 2 fully saturated rings. The van der Waals surface area contributed by atoms with Crippen LogP contribution in [0.15, 0.2) is 30.5 Å². The Hall–Kier alpha value is -3.04. The van der Waals surface area contributed by atoms with Crippen LogP contribution in [0.4, 0.5) is 5.69 Å². The molecule has 4 rings (SSSR count). The van der Waals surface area contributed by atoms with Crippen LogP contribution in [0.1, 0.15) is 34.2 Å². The number of aryl methyl sites for hydroxylation is 1. The molecule has 9 heteroatoms. The first kappa shape index (κ1) is 22.2. The minimum absolute atomic E-state index is 0.0843. The molecule has 0 unspecified atom stereocenters. The second kappa shape index (κ2) is 10.1. The Morgan fingerprint density at radius 3 is 2.62 bits per heavy atom. The van der Waals surface area contributed by atoms with Gasteiger partial charge in [-0.1, -0.05) is 0 Å². The van der Waals surface area contributed by atoms with E-state index in [0.717, 1.165) is 25.3 Å². The number of aromatic nitrogens is 2. The molecule has 0 spiro atoms. The summed E-state index contributed by atoms with van der Waals surface area (Å²) >= 11 is 0. The summed E-state index contributed by atoms with van der Waals surface area (Å²) in [4.78, 5) is 38.4. The van der Waals surface area contributed by atoms with Crippen molar-refractivity contribution in [3.05, 3.63) is 47.5 Å². The van der Waals surface area contributed by atoms with Gasteiger partial charge in [-0.25, -0.2) is 9.97 Å². The standard InChI is InChI=1S/C23H29N5O4/c1-16-20(23(30)26-18-3-5-19(31-2)6-4-18)13-24-22(25-16)17-7-8-28(14-17)21(29)15-27-9-11-32-12-10-27/h3-6,13,17H,7-12,14-15H2,1-2H3,(H,26,30)/t17-/m1/s1. The monoisotopic (exact) mass is 439 g/mol. The Bertz CT molecular complexity index is 959. The van der Waals surface area contributed by atoms with Gasteiger partial charge in [0.1, 0.15) is 11.6 Å². The summed E-state index contributed by atoms with van der Waals surface area (Å²) in [5, 5.41) is 2.86. The van der Waals surface area contributed by atoms with E-state index >= 15 is 0 Å². The van der Waals surface area contributed by atoms with Gasteiger partial charge in [0.2, 0.25) is 5.91 Å². The van der Waals surface area contributed by atoms with Crippen molar-refractivity contribution >= 4 is 17.5 Å². The SMILES string of the molecule is COc1ccc(NC(=O)c2cnc([C@@H]3CCN(C(=O)CN4CCOCC4)C3)nc2C)cc1. The van der Waals surface area contributed by atoms with Crippen LogP contribution in [0.2, 0.25) is 0 Å². The summed E-state index contributed by atoms with van der Waals surface area (Å²) in [5.74, 6) is 1.38. The Morgan fingerprint density at radius 2 is 1.94 bits per heavy atom. The third-order valence-corrected chi connectivity index (χ3v) is 5.96. The highest BCUT2D eigenvalue weighted by atomic mass is 16.5. The van der Waals surface area contributed by atoms with Gasteiger partial charge in [0.25, 0.3) is 5.91 Å². The summed E-state index contributed by atoms with van der Waals surface area (Å²) in [5.41, 5.74) is 1.73. The molecule has 9 nitrogen and oxygen atoms in total. The van der Waals surface area contributed by atoms with E-state index in [0.29, 0.717) is 55.6 Å². The Kier molecular flexibility index (Phi) is 6.96. The zero-order chi connectivity index (χ0) is 22.5. The van der Waals surface area contributed by atoms with Gasteiger partial charge in [0.05, 0.1) is 38.1 Å². The van der Waals surface area contributed by atoms with Crippen molar-refractivity contribution in [1.29, 1.82) is 0 Å². The van der Waals surface area contributed by atoms with E-state index in [1.807, 2.05) is 11.8 Å². The van der Waals surface area contributed by atoms with Crippen molar-refractivity contribution in [1.82, 2.24) is 19.8 Å². The van der Waals surface area contributed by atoms with Crippen molar-refractivity contribution in [2.75, 3.05) is 58.4 Å². The minimum atomic E-state index is -0.257. The van der Waals surface area contributed by atoms with Crippen LogP contribution in [-0.4, -0.2) is 84.6 Å². The Balaban J connectivity index is 1.35. The lowest BCUT2D eigenvalue weighted by Gasteiger charge is -2.28. The molecule has 32 heavy (non-hydrogen) atoms. The number of benzene rings is 1. The topological polar surface area (TPSA) is 96.9 Å². The fourth-order valence-electron chi connectivity index (χ4n) is 4.03. The molecule has 0 aliphatic carbocycles. The fourth-order valence-corrected chi connectivity index (χ4v) is 4.03. The number of methoxy groups -OCH3 is 1. The van der Waals surface area contributed by atoms with Gasteiger partial charge in [-0.05, 0) is 37.6 Å². The third kappa shape index (κ3) is 5.23. The molecule has 2 amide bonds. The van der Waals surface area contributed by atoms with E-state index in [9.17, 15) is 9.59 Å². The number of likely N-dealkylation sites (tertiary alicyclic amines) is 1. The average Bonchev–Trinajstić information content (AvgIpc) is 3.31. The Morgan fingerprint density at radius 1 is 1.19 bits per heavy atom. The van der Waals surface area contributed by atoms with Gasteiger partial charge in [0.15, 0.2) is 0 Å². The maximum absolute atomic E-state index is 12.7. The molecule has 1 aromatic heterocycles. The largest absolute Gasteiger partial charge is 0.497 e. The second-order valence-electron chi connectivity index (χ2n) is 8.12. The fraction of sp³-hybridized carbons (Fsp3) is 0.478. The predicted molar refractivity (Wildman–Crippen MR) is 119 cm³/mol. The molecule has 2 aliphatic heterocycles. The molecule has 0 bridgehead atoms. The number of amides is 2. The molecule has 2 aliphatic rings. The summed E-state index contributed by atoms with van der Waals surface area (Å²) in [7, 11) is 1.60. The summed E-state index contributed by atoms with van der Waals surface area (Å²) in [6.45, 7) is 6.51. The van der Waals surface area contributed by atoms with Crippen LogP contribution in [-0.2, 0) is 9.53 Å². The van der Waals surface area contributed by atoms with Crippen molar-refractivity contribution < 1.29 is 19.1 Å². The van der Waals surface area contributed by atoms with Gasteiger partial charge >= 0.3 is 0 Å². The maximum atomic E-state index is 12.7. The van der Waals surface area contributed by atoms with Crippen LogP contribution in [0, 0.1) is 6.92 Å². The molecule has 0 radical (unpaired) electrons. The minimum Gasteiger partial charge on any atom is -0.497 e. The number of anilines is 1. The number of nitrogens with one attached hydrogen (secondary N) is 1. The summed E-state index contributed by atoms with van der Waals surface area (Å²) < 4.78 is 10.5. The predicted octanol–water partition coefficient (Wildman–Crippen LogP) is 1.69. The van der Waals surface area contributed by atoms with Gasteiger partial charge in [-0.2, -0.15) is 0 Å². The highest BCUT2D eigenvalue weighted by Crippen LogP contribution is 2.25. The number of carbonyl (C=O) groups is 2. The molecule has 1 N–H and O–H groups in total. The molecular weight excluding hydrogens is 410 g/mol. The van der Waals surface area contributed by atoms with E-state index in [-0.39, 0.29) is 17.7 Å². The van der Waals surface area contributed by atoms with Gasteiger partial charge in [-0.3, -0.25) is 14.5 Å². The van der Waals surface area contributed by atoms with Crippen LogP contribution in [0.3, 0.4) is 0 Å². The van der Waals surface area contributed by atoms with E-state index in [4.69, 9.17) is 9.47 Å². The third-order valence-electron chi connectivity index (χ3n) is 5.96. The van der Waals surface area contributed by atoms with Crippen LogP contribution in [0.5, 0.6) is 5.75 Å². The van der Waals surface area contributed by atoms with Crippen LogP contribution >= 0.6 is 0 Å². The number of rotatable bonds is 6. The molecule has 0 saturated carbocycles. The lowest BCUT2D eigenvalue weighted by molar-refractivity contribution is -0.132. The lowest BCUT2D eigenvalue weighted by atomic mass is 10.1. The molecular formula is C23H29N5O4. The van der Waals surface area contributed by atoms with E-state index in [2.05, 4.69) is 20.2 Å². The van der Waals surface area contributed by atoms with Gasteiger partial charge in [0, 0.05) is 44.0 Å². The van der Waals surface area contributed by atoms with Crippen molar-refractivity contribution in [3.8, 4) is 5.75 Å². The lowest BCUT2D eigenvalue weighted by Crippen LogP contribution is -2.44. The van der Waals surface area contributed by atoms with E-state index in [1.165, 1.54) is 0 Å². The summed E-state index contributed by atoms with van der Waals surface area (Å²) in [6.07, 6.45) is 2.40. The molecule has 1 aromatic carbocycles. The van der Waals surface area contributed by atoms with Crippen LogP contribution < -0.4 is 10.1 Å². The number of carbonyl (C=O) groups excluding carboxylic acids is 2. The maximum Gasteiger partial charge on any atom is 0.259 e. The normalized spacial score (nSPS) is 19.1. The molecule has 2 saturated heterocycles. The first-order valence-corrected chi connectivity index (χ1v) is 10.9. The highest BCUT2D eigenvalue weighted by Gasteiger charge is 2.30. The zero-order valence-corrected chi connectivity index (χ0v) is 18.5. The molecule has 170 valence electrons. The number of hydrogen-bond acceptors (Lipinski definition) is 7. The molecule has 3 heterocycles. The van der Waals surface area contributed by atoms with Crippen molar-refractivity contribution in [2.24, 2.45) is 0 Å². The number of morpholine rings is 1. The van der Waals surface area contributed by atoms with Crippen LogP contribution in [0.25, 0.3) is 0 Å². The van der Waals surface area contributed by atoms with E-state index in [1.54, 1.807) is 37.6 Å². The van der Waals surface area contributed by atoms with Crippen molar-refractivity contribution in [2.45, 2.75) is 19.3 Å². The smallest absolute Gasteiger partial charge is 0.259 e. The van der Waals surface area contributed by atoms with Crippen molar-refractivity contribution in [3.63, 3.8) is 0 Å². The number of nitrogens with zero attached hydrogens (tertiary/aromatic N) is 4. The number of ether oxygens (including phenoxy) is 2. The number of hydrogen-bond donors (Lipinski definition) is 1. The zero-order valence-electron chi connectivity index (χ0n) is 18.5. The quantitative estimate of drug-likeness (QED) is 0.732. The Labute approximate surface area is 187 Å².